The number of benzene rings is 1. The average molecular weight is 426 g/mol. The molecule has 0 saturated carbocycles. The molecular formula is C26H48ClNO. The third-order valence-electron chi connectivity index (χ3n) is 5.86. The summed E-state index contributed by atoms with van der Waals surface area (Å²) in [5.74, 6) is 0.967. The SMILES string of the molecule is CCCCCCCCCCCCCCCC[N+](C)(C)Cc1cccc(OC)c1.[Cl-]. The van der Waals surface area contributed by atoms with E-state index in [1.54, 1.807) is 7.11 Å². The number of methoxy groups -OCH3 is 1. The Kier molecular flexibility index (Phi) is 17.6. The van der Waals surface area contributed by atoms with Gasteiger partial charge in [-0.2, -0.15) is 0 Å². The zero-order chi connectivity index (χ0) is 20.5. The summed E-state index contributed by atoms with van der Waals surface area (Å²) in [5, 5.41) is 0. The fraction of sp³-hybridized carbons (Fsp3) is 0.769. The van der Waals surface area contributed by atoms with Gasteiger partial charge in [-0.05, 0) is 25.0 Å². The molecule has 29 heavy (non-hydrogen) atoms. The number of ether oxygens (including phenoxy) is 1. The van der Waals surface area contributed by atoms with Crippen LogP contribution < -0.4 is 17.1 Å². The van der Waals surface area contributed by atoms with Gasteiger partial charge in [0, 0.05) is 5.56 Å². The fourth-order valence-electron chi connectivity index (χ4n) is 4.08. The van der Waals surface area contributed by atoms with Gasteiger partial charge in [-0.15, -0.1) is 0 Å². The van der Waals surface area contributed by atoms with Gasteiger partial charge in [0.15, 0.2) is 0 Å². The molecule has 0 atom stereocenters. The van der Waals surface area contributed by atoms with Gasteiger partial charge in [-0.3, -0.25) is 0 Å². The number of halogens is 1. The Morgan fingerprint density at radius 3 is 1.69 bits per heavy atom. The van der Waals surface area contributed by atoms with Crippen molar-refractivity contribution in [2.24, 2.45) is 0 Å². The summed E-state index contributed by atoms with van der Waals surface area (Å²) in [4.78, 5) is 0. The highest BCUT2D eigenvalue weighted by Crippen LogP contribution is 2.18. The van der Waals surface area contributed by atoms with E-state index in [-0.39, 0.29) is 12.4 Å². The molecule has 0 aromatic heterocycles. The number of unbranched alkanes of at least 4 members (excludes halogenated alkanes) is 13. The molecule has 1 rings (SSSR count). The number of quaternary nitrogens is 1. The first-order valence-corrected chi connectivity index (χ1v) is 12.0. The molecule has 0 spiro atoms. The van der Waals surface area contributed by atoms with E-state index in [1.165, 1.54) is 102 Å². The van der Waals surface area contributed by atoms with Gasteiger partial charge < -0.3 is 21.6 Å². The summed E-state index contributed by atoms with van der Waals surface area (Å²) in [5.41, 5.74) is 1.37. The van der Waals surface area contributed by atoms with Gasteiger partial charge in [0.1, 0.15) is 12.3 Å². The van der Waals surface area contributed by atoms with Gasteiger partial charge in [0.2, 0.25) is 0 Å². The van der Waals surface area contributed by atoms with Crippen molar-refractivity contribution in [2.45, 2.75) is 103 Å². The maximum atomic E-state index is 5.35. The lowest BCUT2D eigenvalue weighted by Gasteiger charge is -2.30. The highest BCUT2D eigenvalue weighted by Gasteiger charge is 2.15. The molecule has 0 aliphatic carbocycles. The first kappa shape index (κ1) is 28.3. The number of rotatable bonds is 18. The fourth-order valence-corrected chi connectivity index (χ4v) is 4.08. The second-order valence-corrected chi connectivity index (χ2v) is 9.27. The van der Waals surface area contributed by atoms with Crippen LogP contribution in [0.3, 0.4) is 0 Å². The molecule has 0 N–H and O–H groups in total. The second kappa shape index (κ2) is 18.1. The van der Waals surface area contributed by atoms with E-state index >= 15 is 0 Å². The molecule has 0 aliphatic rings. The monoisotopic (exact) mass is 425 g/mol. The lowest BCUT2D eigenvalue weighted by Crippen LogP contribution is -3.00. The smallest absolute Gasteiger partial charge is 0.119 e. The third-order valence-corrected chi connectivity index (χ3v) is 5.86. The van der Waals surface area contributed by atoms with Crippen LogP contribution in [0.25, 0.3) is 0 Å². The van der Waals surface area contributed by atoms with Gasteiger partial charge >= 0.3 is 0 Å². The molecule has 170 valence electrons. The molecule has 0 fully saturated rings. The molecule has 0 heterocycles. The molecular weight excluding hydrogens is 378 g/mol. The Morgan fingerprint density at radius 2 is 1.21 bits per heavy atom. The van der Waals surface area contributed by atoms with Gasteiger partial charge in [0.25, 0.3) is 0 Å². The Bertz CT molecular complexity index is 489. The summed E-state index contributed by atoms with van der Waals surface area (Å²) in [6.07, 6.45) is 20.0. The van der Waals surface area contributed by atoms with Crippen LogP contribution in [0.1, 0.15) is 102 Å². The van der Waals surface area contributed by atoms with Crippen LogP contribution in [0.2, 0.25) is 0 Å². The van der Waals surface area contributed by atoms with E-state index in [9.17, 15) is 0 Å². The molecule has 0 saturated heterocycles. The largest absolute Gasteiger partial charge is 1.00 e. The molecule has 0 bridgehead atoms. The maximum Gasteiger partial charge on any atom is 0.119 e. The van der Waals surface area contributed by atoms with E-state index in [2.05, 4.69) is 39.2 Å². The van der Waals surface area contributed by atoms with Crippen LogP contribution in [0.4, 0.5) is 0 Å². The molecule has 2 nitrogen and oxygen atoms in total. The van der Waals surface area contributed by atoms with Crippen molar-refractivity contribution in [3.05, 3.63) is 29.8 Å². The molecule has 1 aromatic rings. The van der Waals surface area contributed by atoms with Crippen LogP contribution in [0.5, 0.6) is 5.75 Å². The molecule has 1 aromatic carbocycles. The van der Waals surface area contributed by atoms with E-state index in [1.807, 2.05) is 6.07 Å². The second-order valence-electron chi connectivity index (χ2n) is 9.27. The third kappa shape index (κ3) is 15.7. The van der Waals surface area contributed by atoms with Crippen LogP contribution in [-0.4, -0.2) is 32.2 Å². The molecule has 0 amide bonds. The zero-order valence-electron chi connectivity index (χ0n) is 19.9. The minimum absolute atomic E-state index is 0. The predicted octanol–water partition coefficient (Wildman–Crippen LogP) is 4.76. The number of nitrogens with zero attached hydrogens (tertiary/aromatic N) is 1. The summed E-state index contributed by atoms with van der Waals surface area (Å²) in [6, 6.07) is 8.51. The van der Waals surface area contributed by atoms with Crippen LogP contribution in [-0.2, 0) is 6.54 Å². The van der Waals surface area contributed by atoms with Crippen LogP contribution in [0, 0.1) is 0 Å². The first-order chi connectivity index (χ1) is 13.6. The van der Waals surface area contributed by atoms with E-state index in [4.69, 9.17) is 4.74 Å². The first-order valence-electron chi connectivity index (χ1n) is 12.0. The Hall–Kier alpha value is -0.730. The summed E-state index contributed by atoms with van der Waals surface area (Å²) >= 11 is 0. The van der Waals surface area contributed by atoms with Crippen molar-refractivity contribution in [1.29, 1.82) is 0 Å². The van der Waals surface area contributed by atoms with Crippen LogP contribution in [0.15, 0.2) is 24.3 Å². The predicted molar refractivity (Wildman–Crippen MR) is 124 cm³/mol. The number of hydrogen-bond acceptors (Lipinski definition) is 1. The summed E-state index contributed by atoms with van der Waals surface area (Å²) in [7, 11) is 6.44. The van der Waals surface area contributed by atoms with Crippen molar-refractivity contribution >= 4 is 0 Å². The average Bonchev–Trinajstić information content (AvgIpc) is 2.68. The number of hydrogen-bond donors (Lipinski definition) is 0. The van der Waals surface area contributed by atoms with E-state index < -0.39 is 0 Å². The lowest BCUT2D eigenvalue weighted by molar-refractivity contribution is -0.903. The van der Waals surface area contributed by atoms with Gasteiger partial charge in [-0.25, -0.2) is 0 Å². The van der Waals surface area contributed by atoms with E-state index in [0.29, 0.717) is 0 Å². The molecule has 3 heteroatoms. The molecule has 0 unspecified atom stereocenters. The molecule has 0 aliphatic heterocycles. The minimum Gasteiger partial charge on any atom is -1.00 e. The Labute approximate surface area is 188 Å². The normalized spacial score (nSPS) is 11.3. The van der Waals surface area contributed by atoms with Crippen molar-refractivity contribution in [2.75, 3.05) is 27.7 Å². The zero-order valence-corrected chi connectivity index (χ0v) is 20.6. The maximum absolute atomic E-state index is 5.35. The van der Waals surface area contributed by atoms with E-state index in [0.717, 1.165) is 16.8 Å². The Balaban J connectivity index is 0.00000784. The summed E-state index contributed by atoms with van der Waals surface area (Å²) in [6.45, 7) is 4.63. The quantitative estimate of drug-likeness (QED) is 0.243. The van der Waals surface area contributed by atoms with Crippen molar-refractivity contribution in [3.63, 3.8) is 0 Å². The lowest BCUT2D eigenvalue weighted by atomic mass is 10.0. The van der Waals surface area contributed by atoms with Crippen molar-refractivity contribution in [1.82, 2.24) is 0 Å². The topological polar surface area (TPSA) is 9.23 Å². The molecule has 0 radical (unpaired) electrons. The van der Waals surface area contributed by atoms with Crippen LogP contribution >= 0.6 is 0 Å². The van der Waals surface area contributed by atoms with Gasteiger partial charge in [-0.1, -0.05) is 96.1 Å². The summed E-state index contributed by atoms with van der Waals surface area (Å²) < 4.78 is 6.41. The highest BCUT2D eigenvalue weighted by molar-refractivity contribution is 5.27. The van der Waals surface area contributed by atoms with Crippen molar-refractivity contribution in [3.8, 4) is 5.75 Å². The standard InChI is InChI=1S/C26H48NO.ClH/c1-5-6-7-8-9-10-11-12-13-14-15-16-17-18-22-27(2,3)24-25-20-19-21-26(23-25)28-4;/h19-21,23H,5-18,22,24H2,1-4H3;1H/q+1;/p-1. The minimum atomic E-state index is 0. The van der Waals surface area contributed by atoms with Gasteiger partial charge in [0.05, 0.1) is 27.7 Å². The Morgan fingerprint density at radius 1 is 0.724 bits per heavy atom. The highest BCUT2D eigenvalue weighted by atomic mass is 35.5. The van der Waals surface area contributed by atoms with Crippen molar-refractivity contribution < 1.29 is 21.6 Å².